The maximum atomic E-state index is 13.2. The van der Waals surface area contributed by atoms with Crippen molar-refractivity contribution < 1.29 is 23.1 Å². The van der Waals surface area contributed by atoms with Crippen LogP contribution in [0.2, 0.25) is 0 Å². The van der Waals surface area contributed by atoms with Gasteiger partial charge in [-0.3, -0.25) is 9.71 Å². The molecule has 2 heterocycles. The van der Waals surface area contributed by atoms with E-state index in [1.807, 2.05) is 17.5 Å². The van der Waals surface area contributed by atoms with Gasteiger partial charge in [-0.2, -0.15) is 0 Å². The number of aliphatic hydroxyl groups is 1. The molecule has 0 bridgehead atoms. The topological polar surface area (TPSA) is 122 Å². The van der Waals surface area contributed by atoms with E-state index in [0.717, 1.165) is 27.4 Å². The van der Waals surface area contributed by atoms with Crippen LogP contribution in [0.1, 0.15) is 64.3 Å². The molecule has 5 rings (SSSR count). The lowest BCUT2D eigenvalue weighted by atomic mass is 9.86. The van der Waals surface area contributed by atoms with Gasteiger partial charge in [0.2, 0.25) is 0 Å². The number of carbonyl (C=O) groups is 1. The normalized spacial score (nSPS) is 12.7. The number of hydrogen-bond acceptors (Lipinski definition) is 8. The largest absolute Gasteiger partial charge is 0.444 e. The molecule has 0 saturated heterocycles. The molecule has 0 radical (unpaired) electrons. The number of carbonyl (C=O) groups excluding carboxylic acids is 1. The molecular formula is C39H44N4O5S2. The molecule has 0 aliphatic rings. The Morgan fingerprint density at radius 3 is 2.18 bits per heavy atom. The molecule has 0 fully saturated rings. The van der Waals surface area contributed by atoms with Crippen molar-refractivity contribution in [2.75, 3.05) is 17.8 Å². The fourth-order valence-electron chi connectivity index (χ4n) is 5.14. The number of ether oxygens (including phenoxy) is 1. The molecule has 1 amide bonds. The van der Waals surface area contributed by atoms with E-state index in [4.69, 9.17) is 9.72 Å². The van der Waals surface area contributed by atoms with Crippen molar-refractivity contribution in [2.45, 2.75) is 70.0 Å². The second kappa shape index (κ2) is 15.1. The molecule has 0 aliphatic carbocycles. The smallest absolute Gasteiger partial charge is 0.410 e. The van der Waals surface area contributed by atoms with Gasteiger partial charge in [0.25, 0.3) is 10.0 Å². The standard InChI is InChI=1S/C39H44N4O5S2/c1-38(2,3)31-15-11-28(12-16-31)34-26-49-36(41-34)29-13-19-33(20-14-29)50(46,47)42-32-17-9-27(10-18-32)21-23-43(37(45)48-39(4,5)6)25-35(44)30-8-7-22-40-24-30/h7-20,22,24,26,35,42,44H,21,23,25H2,1-6H3/t35-/m0/s1. The van der Waals surface area contributed by atoms with E-state index in [-0.39, 0.29) is 23.4 Å². The van der Waals surface area contributed by atoms with Gasteiger partial charge in [0.15, 0.2) is 0 Å². The van der Waals surface area contributed by atoms with Crippen LogP contribution in [0, 0.1) is 0 Å². The van der Waals surface area contributed by atoms with E-state index < -0.39 is 27.8 Å². The predicted molar refractivity (Wildman–Crippen MR) is 200 cm³/mol. The van der Waals surface area contributed by atoms with Gasteiger partial charge in [0, 0.05) is 46.7 Å². The van der Waals surface area contributed by atoms with Gasteiger partial charge < -0.3 is 14.7 Å². The maximum Gasteiger partial charge on any atom is 0.410 e. The van der Waals surface area contributed by atoms with Gasteiger partial charge in [-0.25, -0.2) is 18.2 Å². The van der Waals surface area contributed by atoms with Crippen molar-refractivity contribution in [1.82, 2.24) is 14.9 Å². The molecule has 1 atom stereocenters. The number of nitrogens with one attached hydrogen (secondary N) is 1. The van der Waals surface area contributed by atoms with Crippen LogP contribution in [-0.2, 0) is 26.6 Å². The summed E-state index contributed by atoms with van der Waals surface area (Å²) in [4.78, 5) is 23.5. The number of aromatic nitrogens is 2. The highest BCUT2D eigenvalue weighted by atomic mass is 32.2. The lowest BCUT2D eigenvalue weighted by Gasteiger charge is -2.29. The number of pyridine rings is 1. The van der Waals surface area contributed by atoms with Crippen LogP contribution >= 0.6 is 11.3 Å². The summed E-state index contributed by atoms with van der Waals surface area (Å²) in [7, 11) is -3.84. The van der Waals surface area contributed by atoms with E-state index in [1.165, 1.54) is 21.8 Å². The van der Waals surface area contributed by atoms with Crippen LogP contribution < -0.4 is 4.72 Å². The first-order valence-corrected chi connectivity index (χ1v) is 18.8. The van der Waals surface area contributed by atoms with Crippen molar-refractivity contribution in [1.29, 1.82) is 0 Å². The third-order valence-electron chi connectivity index (χ3n) is 7.95. The van der Waals surface area contributed by atoms with Crippen LogP contribution in [0.15, 0.2) is 108 Å². The highest BCUT2D eigenvalue weighted by Gasteiger charge is 2.25. The lowest BCUT2D eigenvalue weighted by molar-refractivity contribution is 0.0146. The zero-order valence-corrected chi connectivity index (χ0v) is 30.9. The van der Waals surface area contributed by atoms with E-state index in [1.54, 1.807) is 81.7 Å². The number of aliphatic hydroxyl groups excluding tert-OH is 1. The van der Waals surface area contributed by atoms with Gasteiger partial charge in [-0.1, -0.05) is 75.4 Å². The fraction of sp³-hybridized carbons (Fsp3) is 0.308. The number of thiazole rings is 1. The summed E-state index contributed by atoms with van der Waals surface area (Å²) in [5.41, 5.74) is 5.29. The minimum atomic E-state index is -3.84. The molecule has 5 aromatic rings. The third kappa shape index (κ3) is 9.77. The summed E-state index contributed by atoms with van der Waals surface area (Å²) in [6, 6.07) is 25.6. The van der Waals surface area contributed by atoms with Gasteiger partial charge in [0.1, 0.15) is 10.6 Å². The molecular weight excluding hydrogens is 669 g/mol. The van der Waals surface area contributed by atoms with Crippen LogP contribution in [0.5, 0.6) is 0 Å². The zero-order chi connectivity index (χ0) is 36.1. The van der Waals surface area contributed by atoms with Crippen LogP contribution in [-0.4, -0.2) is 53.2 Å². The second-order valence-corrected chi connectivity index (χ2v) is 16.7. The number of anilines is 1. The summed E-state index contributed by atoms with van der Waals surface area (Å²) in [5, 5.41) is 13.6. The van der Waals surface area contributed by atoms with E-state index in [0.29, 0.717) is 17.7 Å². The van der Waals surface area contributed by atoms with Crippen molar-refractivity contribution >= 4 is 33.1 Å². The van der Waals surface area contributed by atoms with Crippen LogP contribution in [0.4, 0.5) is 10.5 Å². The molecule has 50 heavy (non-hydrogen) atoms. The number of hydrogen-bond donors (Lipinski definition) is 2. The molecule has 0 aliphatic heterocycles. The average Bonchev–Trinajstić information content (AvgIpc) is 3.57. The first kappa shape index (κ1) is 36.7. The first-order valence-electron chi connectivity index (χ1n) is 16.4. The minimum absolute atomic E-state index is 0.0342. The van der Waals surface area contributed by atoms with Crippen molar-refractivity contribution in [3.63, 3.8) is 0 Å². The molecule has 0 spiro atoms. The molecule has 0 saturated carbocycles. The van der Waals surface area contributed by atoms with E-state index in [2.05, 4.69) is 54.7 Å². The number of amides is 1. The first-order chi connectivity index (χ1) is 23.6. The van der Waals surface area contributed by atoms with Gasteiger partial charge >= 0.3 is 6.09 Å². The summed E-state index contributed by atoms with van der Waals surface area (Å²) >= 11 is 1.52. The van der Waals surface area contributed by atoms with Crippen LogP contribution in [0.3, 0.4) is 0 Å². The quantitative estimate of drug-likeness (QED) is 0.141. The van der Waals surface area contributed by atoms with Gasteiger partial charge in [-0.05, 0) is 74.1 Å². The summed E-state index contributed by atoms with van der Waals surface area (Å²) in [6.45, 7) is 12.2. The highest BCUT2D eigenvalue weighted by molar-refractivity contribution is 7.92. The SMILES string of the molecule is CC(C)(C)OC(=O)N(CCc1ccc(NS(=O)(=O)c2ccc(-c3nc(-c4ccc(C(C)(C)C)cc4)cs3)cc2)cc1)C[C@H](O)c1cccnc1. The molecule has 2 N–H and O–H groups in total. The Morgan fingerprint density at radius 2 is 1.58 bits per heavy atom. The number of nitrogens with zero attached hydrogens (tertiary/aromatic N) is 3. The van der Waals surface area contributed by atoms with Crippen molar-refractivity contribution in [3.05, 3.63) is 119 Å². The maximum absolute atomic E-state index is 13.2. The van der Waals surface area contributed by atoms with Gasteiger partial charge in [-0.15, -0.1) is 11.3 Å². The number of benzene rings is 3. The Hall–Kier alpha value is -4.58. The van der Waals surface area contributed by atoms with Crippen LogP contribution in [0.25, 0.3) is 21.8 Å². The Bertz CT molecular complexity index is 1980. The minimum Gasteiger partial charge on any atom is -0.444 e. The summed E-state index contributed by atoms with van der Waals surface area (Å²) in [5.74, 6) is 0. The molecule has 2 aromatic heterocycles. The molecule has 11 heteroatoms. The molecule has 9 nitrogen and oxygen atoms in total. The highest BCUT2D eigenvalue weighted by Crippen LogP contribution is 2.31. The Labute approximate surface area is 299 Å². The Balaban J connectivity index is 1.20. The lowest BCUT2D eigenvalue weighted by Crippen LogP contribution is -2.40. The number of rotatable bonds is 11. The monoisotopic (exact) mass is 712 g/mol. The fourth-order valence-corrected chi connectivity index (χ4v) is 7.04. The summed E-state index contributed by atoms with van der Waals surface area (Å²) in [6.07, 6.45) is 2.19. The molecule has 262 valence electrons. The van der Waals surface area contributed by atoms with Crippen molar-refractivity contribution in [3.8, 4) is 21.8 Å². The summed E-state index contributed by atoms with van der Waals surface area (Å²) < 4.78 is 34.7. The Kier molecular flexibility index (Phi) is 11.1. The van der Waals surface area contributed by atoms with E-state index in [9.17, 15) is 18.3 Å². The predicted octanol–water partition coefficient (Wildman–Crippen LogP) is 8.48. The third-order valence-corrected chi connectivity index (χ3v) is 10.2. The van der Waals surface area contributed by atoms with Gasteiger partial charge in [0.05, 0.1) is 23.2 Å². The average molecular weight is 713 g/mol. The zero-order valence-electron chi connectivity index (χ0n) is 29.3. The Morgan fingerprint density at radius 1 is 0.920 bits per heavy atom. The van der Waals surface area contributed by atoms with Crippen molar-refractivity contribution in [2.24, 2.45) is 0 Å². The second-order valence-electron chi connectivity index (χ2n) is 14.2. The molecule has 3 aromatic carbocycles. The van der Waals surface area contributed by atoms with E-state index >= 15 is 0 Å². The number of sulfonamides is 1. The molecule has 0 unspecified atom stereocenters.